The van der Waals surface area contributed by atoms with Gasteiger partial charge in [-0.3, -0.25) is 0 Å². The van der Waals surface area contributed by atoms with E-state index in [2.05, 4.69) is 15.6 Å². The summed E-state index contributed by atoms with van der Waals surface area (Å²) in [6.07, 6.45) is 6.77. The summed E-state index contributed by atoms with van der Waals surface area (Å²) >= 11 is 11.6. The number of nitrogens with one attached hydrogen (secondary N) is 1. The molecule has 0 saturated heterocycles. The SMILES string of the molecule is S=c1[nH]c2c(Cl)cccc2n1CC1CCCCC1. The molecule has 18 heavy (non-hydrogen) atoms. The molecular formula is C14H17ClN2S. The van der Waals surface area contributed by atoms with Crippen LogP contribution in [-0.4, -0.2) is 9.55 Å². The summed E-state index contributed by atoms with van der Waals surface area (Å²) in [5.41, 5.74) is 2.11. The third-order valence-corrected chi connectivity index (χ3v) is 4.56. The van der Waals surface area contributed by atoms with Crippen LogP contribution >= 0.6 is 23.8 Å². The van der Waals surface area contributed by atoms with E-state index >= 15 is 0 Å². The van der Waals surface area contributed by atoms with E-state index < -0.39 is 0 Å². The first-order valence-corrected chi connectivity index (χ1v) is 7.41. The van der Waals surface area contributed by atoms with Crippen molar-refractivity contribution < 1.29 is 0 Å². The van der Waals surface area contributed by atoms with Crippen molar-refractivity contribution in [2.45, 2.75) is 38.6 Å². The van der Waals surface area contributed by atoms with E-state index in [0.717, 1.165) is 33.3 Å². The van der Waals surface area contributed by atoms with Gasteiger partial charge < -0.3 is 9.55 Å². The molecule has 3 rings (SSSR count). The highest BCUT2D eigenvalue weighted by Gasteiger charge is 2.16. The molecule has 0 spiro atoms. The van der Waals surface area contributed by atoms with Crippen LogP contribution in [-0.2, 0) is 6.54 Å². The number of hydrogen-bond donors (Lipinski definition) is 1. The first-order chi connectivity index (χ1) is 8.75. The summed E-state index contributed by atoms with van der Waals surface area (Å²) in [5, 5.41) is 0.751. The first kappa shape index (κ1) is 12.2. The van der Waals surface area contributed by atoms with Gasteiger partial charge >= 0.3 is 0 Å². The Labute approximate surface area is 117 Å². The molecule has 0 atom stereocenters. The first-order valence-electron chi connectivity index (χ1n) is 6.63. The van der Waals surface area contributed by atoms with Gasteiger partial charge in [-0.2, -0.15) is 0 Å². The monoisotopic (exact) mass is 280 g/mol. The van der Waals surface area contributed by atoms with Gasteiger partial charge in [0.25, 0.3) is 0 Å². The van der Waals surface area contributed by atoms with Gasteiger partial charge in [-0.05, 0) is 43.1 Å². The quantitative estimate of drug-likeness (QED) is 0.773. The molecule has 1 aromatic heterocycles. The van der Waals surface area contributed by atoms with Crippen molar-refractivity contribution in [1.29, 1.82) is 0 Å². The Bertz CT molecular complexity index is 608. The summed E-state index contributed by atoms with van der Waals surface area (Å²) in [7, 11) is 0. The van der Waals surface area contributed by atoms with E-state index in [1.54, 1.807) is 0 Å². The number of nitrogens with zero attached hydrogens (tertiary/aromatic N) is 1. The number of rotatable bonds is 2. The number of H-pyrrole nitrogens is 1. The van der Waals surface area contributed by atoms with Crippen LogP contribution in [0.2, 0.25) is 5.02 Å². The van der Waals surface area contributed by atoms with E-state index in [4.69, 9.17) is 23.8 Å². The number of fused-ring (bicyclic) bond motifs is 1. The lowest BCUT2D eigenvalue weighted by Crippen LogP contribution is -2.14. The smallest absolute Gasteiger partial charge is 0.178 e. The third kappa shape index (κ3) is 2.21. The standard InChI is InChI=1S/C14H17ClN2S/c15-11-7-4-8-12-13(11)16-14(18)17(12)9-10-5-2-1-3-6-10/h4,7-8,10H,1-3,5-6,9H2,(H,16,18). The van der Waals surface area contributed by atoms with Crippen molar-refractivity contribution >= 4 is 34.9 Å². The highest BCUT2D eigenvalue weighted by molar-refractivity contribution is 7.71. The Morgan fingerprint density at radius 1 is 1.28 bits per heavy atom. The Balaban J connectivity index is 1.98. The molecule has 1 N–H and O–H groups in total. The lowest BCUT2D eigenvalue weighted by molar-refractivity contribution is 0.321. The maximum atomic E-state index is 6.19. The molecular weight excluding hydrogens is 264 g/mol. The van der Waals surface area contributed by atoms with Gasteiger partial charge in [0.2, 0.25) is 0 Å². The Kier molecular flexibility index (Phi) is 3.44. The molecule has 2 nitrogen and oxygen atoms in total. The lowest BCUT2D eigenvalue weighted by atomic mass is 9.89. The van der Waals surface area contributed by atoms with Crippen LogP contribution in [0.25, 0.3) is 11.0 Å². The molecule has 0 bridgehead atoms. The lowest BCUT2D eigenvalue weighted by Gasteiger charge is -2.22. The second-order valence-electron chi connectivity index (χ2n) is 5.18. The van der Waals surface area contributed by atoms with E-state index in [1.165, 1.54) is 32.1 Å². The maximum absolute atomic E-state index is 6.19. The van der Waals surface area contributed by atoms with Crippen molar-refractivity contribution in [3.05, 3.63) is 28.0 Å². The Hall–Kier alpha value is -0.800. The van der Waals surface area contributed by atoms with Gasteiger partial charge in [-0.25, -0.2) is 0 Å². The average Bonchev–Trinajstić information content (AvgIpc) is 2.70. The van der Waals surface area contributed by atoms with Gasteiger partial charge in [0.05, 0.1) is 16.1 Å². The second-order valence-corrected chi connectivity index (χ2v) is 5.97. The van der Waals surface area contributed by atoms with Crippen molar-refractivity contribution in [1.82, 2.24) is 9.55 Å². The highest BCUT2D eigenvalue weighted by Crippen LogP contribution is 2.28. The normalized spacial score (nSPS) is 17.4. The molecule has 0 unspecified atom stereocenters. The molecule has 1 fully saturated rings. The number of benzene rings is 1. The van der Waals surface area contributed by atoms with Gasteiger partial charge in [0.15, 0.2) is 4.77 Å². The van der Waals surface area contributed by atoms with Crippen LogP contribution in [0.3, 0.4) is 0 Å². The Morgan fingerprint density at radius 2 is 2.06 bits per heavy atom. The molecule has 1 aliphatic carbocycles. The predicted molar refractivity (Wildman–Crippen MR) is 78.7 cm³/mol. The fraction of sp³-hybridized carbons (Fsp3) is 0.500. The van der Waals surface area contributed by atoms with E-state index in [-0.39, 0.29) is 0 Å². The minimum atomic E-state index is 0.751. The van der Waals surface area contributed by atoms with Crippen LogP contribution in [0.4, 0.5) is 0 Å². The highest BCUT2D eigenvalue weighted by atomic mass is 35.5. The maximum Gasteiger partial charge on any atom is 0.178 e. The number of hydrogen-bond acceptors (Lipinski definition) is 1. The molecule has 96 valence electrons. The fourth-order valence-corrected chi connectivity index (χ4v) is 3.45. The molecule has 1 heterocycles. The van der Waals surface area contributed by atoms with E-state index in [9.17, 15) is 0 Å². The predicted octanol–water partition coefficient (Wildman–Crippen LogP) is 4.93. The zero-order valence-corrected chi connectivity index (χ0v) is 11.9. The zero-order chi connectivity index (χ0) is 12.5. The Morgan fingerprint density at radius 3 is 2.83 bits per heavy atom. The van der Waals surface area contributed by atoms with E-state index in [1.807, 2.05) is 12.1 Å². The van der Waals surface area contributed by atoms with Crippen molar-refractivity contribution in [2.75, 3.05) is 0 Å². The summed E-state index contributed by atoms with van der Waals surface area (Å²) in [6.45, 7) is 1.03. The molecule has 1 saturated carbocycles. The van der Waals surface area contributed by atoms with Crippen LogP contribution in [0.1, 0.15) is 32.1 Å². The molecule has 1 aliphatic rings. The van der Waals surface area contributed by atoms with E-state index in [0.29, 0.717) is 0 Å². The van der Waals surface area contributed by atoms with Gasteiger partial charge in [0, 0.05) is 6.54 Å². The largest absolute Gasteiger partial charge is 0.329 e. The van der Waals surface area contributed by atoms with Crippen molar-refractivity contribution in [2.24, 2.45) is 5.92 Å². The van der Waals surface area contributed by atoms with Crippen molar-refractivity contribution in [3.8, 4) is 0 Å². The van der Waals surface area contributed by atoms with Crippen LogP contribution < -0.4 is 0 Å². The molecule has 0 amide bonds. The van der Waals surface area contributed by atoms with Crippen molar-refractivity contribution in [3.63, 3.8) is 0 Å². The number of halogens is 1. The zero-order valence-electron chi connectivity index (χ0n) is 10.3. The minimum absolute atomic E-state index is 0.751. The summed E-state index contributed by atoms with van der Waals surface area (Å²) in [6, 6.07) is 5.99. The summed E-state index contributed by atoms with van der Waals surface area (Å²) in [4.78, 5) is 3.23. The third-order valence-electron chi connectivity index (χ3n) is 3.93. The molecule has 4 heteroatoms. The molecule has 1 aromatic carbocycles. The van der Waals surface area contributed by atoms with Gasteiger partial charge in [-0.15, -0.1) is 0 Å². The summed E-state index contributed by atoms with van der Waals surface area (Å²) < 4.78 is 3.01. The molecule has 0 radical (unpaired) electrons. The number of para-hydroxylation sites is 1. The summed E-state index contributed by atoms with van der Waals surface area (Å²) in [5.74, 6) is 0.767. The fourth-order valence-electron chi connectivity index (χ4n) is 2.95. The van der Waals surface area contributed by atoms with Gasteiger partial charge in [0.1, 0.15) is 0 Å². The number of aromatic nitrogens is 2. The second kappa shape index (κ2) is 5.06. The number of imidazole rings is 1. The van der Waals surface area contributed by atoms with Crippen LogP contribution in [0, 0.1) is 10.7 Å². The van der Waals surface area contributed by atoms with Crippen LogP contribution in [0.15, 0.2) is 18.2 Å². The average molecular weight is 281 g/mol. The van der Waals surface area contributed by atoms with Crippen LogP contribution in [0.5, 0.6) is 0 Å². The minimum Gasteiger partial charge on any atom is -0.329 e. The molecule has 0 aliphatic heterocycles. The number of aromatic amines is 1. The van der Waals surface area contributed by atoms with Gasteiger partial charge in [-0.1, -0.05) is 36.9 Å². The topological polar surface area (TPSA) is 20.7 Å². The molecule has 2 aromatic rings.